The highest BCUT2D eigenvalue weighted by atomic mass is 16.5. The summed E-state index contributed by atoms with van der Waals surface area (Å²) in [6.45, 7) is 3.20. The van der Waals surface area contributed by atoms with Gasteiger partial charge in [0.15, 0.2) is 0 Å². The number of nitrogens with zero attached hydrogens (tertiary/aromatic N) is 1. The Labute approximate surface area is 109 Å². The summed E-state index contributed by atoms with van der Waals surface area (Å²) >= 11 is 0. The minimum Gasteiger partial charge on any atom is -0.380 e. The molecule has 2 atom stereocenters. The minimum absolute atomic E-state index is 0.268. The van der Waals surface area contributed by atoms with Gasteiger partial charge in [-0.25, -0.2) is 0 Å². The van der Waals surface area contributed by atoms with Crippen molar-refractivity contribution in [3.63, 3.8) is 0 Å². The van der Waals surface area contributed by atoms with Gasteiger partial charge in [-0.2, -0.15) is 0 Å². The Kier molecular flexibility index (Phi) is 3.32. The van der Waals surface area contributed by atoms with Crippen LogP contribution < -0.4 is 5.32 Å². The van der Waals surface area contributed by atoms with Crippen LogP contribution in [-0.4, -0.2) is 50.2 Å². The number of ether oxygens (including phenoxy) is 1. The molecule has 0 radical (unpaired) electrons. The van der Waals surface area contributed by atoms with Crippen molar-refractivity contribution in [3.8, 4) is 0 Å². The maximum atomic E-state index is 12.9. The molecule has 3 aliphatic rings. The van der Waals surface area contributed by atoms with Crippen molar-refractivity contribution in [2.24, 2.45) is 11.3 Å². The van der Waals surface area contributed by atoms with E-state index < -0.39 is 0 Å². The van der Waals surface area contributed by atoms with Crippen LogP contribution in [-0.2, 0) is 9.53 Å². The summed E-state index contributed by atoms with van der Waals surface area (Å²) in [5.41, 5.74) is -0.268. The van der Waals surface area contributed by atoms with E-state index in [4.69, 9.17) is 4.74 Å². The lowest BCUT2D eigenvalue weighted by molar-refractivity contribution is -0.153. The summed E-state index contributed by atoms with van der Waals surface area (Å²) in [5.74, 6) is 0.798. The Morgan fingerprint density at radius 1 is 1.33 bits per heavy atom. The Hall–Kier alpha value is -0.610. The normalized spacial score (nSPS) is 36.6. The first-order chi connectivity index (χ1) is 8.74. The predicted molar refractivity (Wildman–Crippen MR) is 69.3 cm³/mol. The van der Waals surface area contributed by atoms with Crippen LogP contribution in [0.4, 0.5) is 0 Å². The van der Waals surface area contributed by atoms with E-state index in [1.54, 1.807) is 0 Å². The SMILES string of the molecule is CN(C(=O)[C@]12CNC[C@H]1CCOC2)C1CCCC1. The predicted octanol–water partition coefficient (Wildman–Crippen LogP) is 1.01. The Morgan fingerprint density at radius 3 is 2.89 bits per heavy atom. The van der Waals surface area contributed by atoms with Crippen LogP contribution in [0.3, 0.4) is 0 Å². The Balaban J connectivity index is 1.77. The molecule has 3 rings (SSSR count). The smallest absolute Gasteiger partial charge is 0.232 e. The third kappa shape index (κ3) is 1.86. The van der Waals surface area contributed by atoms with Gasteiger partial charge in [-0.1, -0.05) is 12.8 Å². The summed E-state index contributed by atoms with van der Waals surface area (Å²) in [6.07, 6.45) is 5.92. The lowest BCUT2D eigenvalue weighted by Crippen LogP contribution is -2.54. The highest BCUT2D eigenvalue weighted by Crippen LogP contribution is 2.40. The maximum Gasteiger partial charge on any atom is 0.232 e. The molecule has 1 N–H and O–H groups in total. The van der Waals surface area contributed by atoms with Crippen LogP contribution in [0, 0.1) is 11.3 Å². The van der Waals surface area contributed by atoms with Crippen molar-refractivity contribution >= 4 is 5.91 Å². The van der Waals surface area contributed by atoms with Crippen LogP contribution in [0.25, 0.3) is 0 Å². The number of amides is 1. The van der Waals surface area contributed by atoms with E-state index in [0.717, 1.165) is 26.1 Å². The standard InChI is InChI=1S/C14H24N2O2/c1-16(12-4-2-3-5-12)13(17)14-9-15-8-11(14)6-7-18-10-14/h11-12,15H,2-10H2,1H3/t11-,14+/m1/s1. The van der Waals surface area contributed by atoms with Crippen LogP contribution in [0.1, 0.15) is 32.1 Å². The molecule has 4 nitrogen and oxygen atoms in total. The molecule has 0 unspecified atom stereocenters. The van der Waals surface area contributed by atoms with Crippen molar-refractivity contribution < 1.29 is 9.53 Å². The lowest BCUT2D eigenvalue weighted by atomic mass is 9.74. The number of fused-ring (bicyclic) bond motifs is 1. The van der Waals surface area contributed by atoms with E-state index in [2.05, 4.69) is 5.32 Å². The van der Waals surface area contributed by atoms with Gasteiger partial charge >= 0.3 is 0 Å². The lowest BCUT2D eigenvalue weighted by Gasteiger charge is -2.41. The first-order valence-corrected chi connectivity index (χ1v) is 7.30. The van der Waals surface area contributed by atoms with Crippen LogP contribution in [0.5, 0.6) is 0 Å². The molecule has 0 aromatic carbocycles. The summed E-state index contributed by atoms with van der Waals surface area (Å²) in [4.78, 5) is 14.9. The molecule has 2 saturated heterocycles. The fourth-order valence-corrected chi connectivity index (χ4v) is 3.96. The van der Waals surface area contributed by atoms with Gasteiger partial charge in [0.2, 0.25) is 5.91 Å². The Morgan fingerprint density at radius 2 is 2.11 bits per heavy atom. The van der Waals surface area contributed by atoms with Crippen molar-refractivity contribution in [1.82, 2.24) is 10.2 Å². The monoisotopic (exact) mass is 252 g/mol. The highest BCUT2D eigenvalue weighted by molar-refractivity contribution is 5.84. The third-order valence-corrected chi connectivity index (χ3v) is 5.20. The van der Waals surface area contributed by atoms with Gasteiger partial charge in [-0.05, 0) is 31.7 Å². The zero-order valence-corrected chi connectivity index (χ0v) is 11.3. The zero-order valence-electron chi connectivity index (χ0n) is 11.3. The van der Waals surface area contributed by atoms with E-state index in [9.17, 15) is 4.79 Å². The molecule has 2 heterocycles. The first-order valence-electron chi connectivity index (χ1n) is 7.30. The molecule has 1 aliphatic carbocycles. The van der Waals surface area contributed by atoms with Gasteiger partial charge < -0.3 is 15.0 Å². The molecule has 0 aromatic heterocycles. The molecule has 1 amide bonds. The molecular formula is C14H24N2O2. The fourth-order valence-electron chi connectivity index (χ4n) is 3.96. The van der Waals surface area contributed by atoms with E-state index in [0.29, 0.717) is 24.5 Å². The second kappa shape index (κ2) is 4.82. The zero-order chi connectivity index (χ0) is 12.6. The fraction of sp³-hybridized carbons (Fsp3) is 0.929. The van der Waals surface area contributed by atoms with Crippen molar-refractivity contribution in [2.45, 2.75) is 38.1 Å². The number of nitrogens with one attached hydrogen (secondary N) is 1. The average molecular weight is 252 g/mol. The third-order valence-electron chi connectivity index (χ3n) is 5.20. The summed E-state index contributed by atoms with van der Waals surface area (Å²) in [6, 6.07) is 0.468. The molecular weight excluding hydrogens is 228 g/mol. The average Bonchev–Trinajstić information content (AvgIpc) is 3.06. The number of carbonyl (C=O) groups is 1. The van der Waals surface area contributed by atoms with Crippen molar-refractivity contribution in [1.29, 1.82) is 0 Å². The molecule has 2 aliphatic heterocycles. The van der Waals surface area contributed by atoms with Crippen LogP contribution in [0.15, 0.2) is 0 Å². The van der Waals surface area contributed by atoms with Gasteiger partial charge in [0, 0.05) is 26.2 Å². The van der Waals surface area contributed by atoms with Crippen LogP contribution >= 0.6 is 0 Å². The molecule has 4 heteroatoms. The van der Waals surface area contributed by atoms with Gasteiger partial charge in [-0.3, -0.25) is 4.79 Å². The van der Waals surface area contributed by atoms with Gasteiger partial charge in [0.05, 0.1) is 12.0 Å². The summed E-state index contributed by atoms with van der Waals surface area (Å²) < 4.78 is 5.63. The number of carbonyl (C=O) groups excluding carboxylic acids is 1. The van der Waals surface area contributed by atoms with Crippen molar-refractivity contribution in [3.05, 3.63) is 0 Å². The van der Waals surface area contributed by atoms with Crippen molar-refractivity contribution in [2.75, 3.05) is 33.4 Å². The number of hydrogen-bond donors (Lipinski definition) is 1. The van der Waals surface area contributed by atoms with E-state index >= 15 is 0 Å². The van der Waals surface area contributed by atoms with Gasteiger partial charge in [0.1, 0.15) is 0 Å². The molecule has 18 heavy (non-hydrogen) atoms. The number of rotatable bonds is 2. The minimum atomic E-state index is -0.268. The quantitative estimate of drug-likeness (QED) is 0.797. The van der Waals surface area contributed by atoms with Crippen LogP contribution in [0.2, 0.25) is 0 Å². The molecule has 3 fully saturated rings. The van der Waals surface area contributed by atoms with Gasteiger partial charge in [-0.15, -0.1) is 0 Å². The molecule has 1 saturated carbocycles. The largest absolute Gasteiger partial charge is 0.380 e. The molecule has 0 spiro atoms. The molecule has 102 valence electrons. The summed E-state index contributed by atoms with van der Waals surface area (Å²) in [5, 5.41) is 3.40. The van der Waals surface area contributed by atoms with E-state index in [1.807, 2.05) is 11.9 Å². The highest BCUT2D eigenvalue weighted by Gasteiger charge is 2.52. The molecule has 0 aromatic rings. The second-order valence-electron chi connectivity index (χ2n) is 6.18. The van der Waals surface area contributed by atoms with E-state index in [1.165, 1.54) is 25.7 Å². The topological polar surface area (TPSA) is 41.6 Å². The molecule has 0 bridgehead atoms. The maximum absolute atomic E-state index is 12.9. The Bertz CT molecular complexity index is 328. The first kappa shape index (κ1) is 12.4. The summed E-state index contributed by atoms with van der Waals surface area (Å²) in [7, 11) is 2.00. The second-order valence-corrected chi connectivity index (χ2v) is 6.18. The number of hydrogen-bond acceptors (Lipinski definition) is 3. The van der Waals surface area contributed by atoms with E-state index in [-0.39, 0.29) is 5.41 Å². The van der Waals surface area contributed by atoms with Gasteiger partial charge in [0.25, 0.3) is 0 Å².